The van der Waals surface area contributed by atoms with E-state index in [4.69, 9.17) is 10.5 Å². The molecular formula is C16H28Cl2N4O4S. The quantitative estimate of drug-likeness (QED) is 0.673. The van der Waals surface area contributed by atoms with Gasteiger partial charge >= 0.3 is 0 Å². The molecule has 1 aromatic rings. The standard InChI is InChI=1S/C16H26N4O4S.2ClH/c1-19-7-4-8-20(10-9-19)25(22,23)14-6-3-5-13(11-14)18-16(21)15(17)12-24-2;;/h3,5-6,11,15H,4,7-10,12,17H2,1-2H3,(H,18,21);2*1H. The van der Waals surface area contributed by atoms with Crippen molar-refractivity contribution in [2.45, 2.75) is 17.4 Å². The summed E-state index contributed by atoms with van der Waals surface area (Å²) in [4.78, 5) is 14.2. The first-order valence-electron chi connectivity index (χ1n) is 8.18. The van der Waals surface area contributed by atoms with Gasteiger partial charge in [0.2, 0.25) is 15.9 Å². The fourth-order valence-corrected chi connectivity index (χ4v) is 4.15. The molecule has 1 fully saturated rings. The summed E-state index contributed by atoms with van der Waals surface area (Å²) in [6.45, 7) is 2.60. The summed E-state index contributed by atoms with van der Waals surface area (Å²) in [6.07, 6.45) is 0.790. The minimum atomic E-state index is -3.60. The monoisotopic (exact) mass is 442 g/mol. The molecule has 0 aromatic heterocycles. The summed E-state index contributed by atoms with van der Waals surface area (Å²) in [7, 11) is -0.159. The normalized spacial score (nSPS) is 17.1. The molecule has 27 heavy (non-hydrogen) atoms. The number of halogens is 2. The van der Waals surface area contributed by atoms with Crippen molar-refractivity contribution in [3.05, 3.63) is 24.3 Å². The van der Waals surface area contributed by atoms with Crippen LogP contribution < -0.4 is 11.1 Å². The molecule has 8 nitrogen and oxygen atoms in total. The zero-order valence-corrected chi connectivity index (χ0v) is 17.9. The summed E-state index contributed by atoms with van der Waals surface area (Å²) >= 11 is 0. The fourth-order valence-electron chi connectivity index (χ4n) is 2.64. The number of benzene rings is 1. The molecule has 0 saturated carbocycles. The number of carbonyl (C=O) groups excluding carboxylic acids is 1. The molecule has 0 radical (unpaired) electrons. The van der Waals surface area contributed by atoms with Crippen LogP contribution in [-0.4, -0.2) is 76.5 Å². The number of hydrogen-bond acceptors (Lipinski definition) is 6. The van der Waals surface area contributed by atoms with Crippen LogP contribution >= 0.6 is 24.8 Å². The number of rotatable bonds is 6. The zero-order chi connectivity index (χ0) is 18.4. The summed E-state index contributed by atoms with van der Waals surface area (Å²) in [5.74, 6) is -0.423. The number of nitrogens with two attached hydrogens (primary N) is 1. The number of nitrogens with one attached hydrogen (secondary N) is 1. The zero-order valence-electron chi connectivity index (χ0n) is 15.5. The van der Waals surface area contributed by atoms with E-state index in [1.807, 2.05) is 7.05 Å². The van der Waals surface area contributed by atoms with Gasteiger partial charge in [-0.2, -0.15) is 4.31 Å². The average molecular weight is 443 g/mol. The first kappa shape index (κ1) is 26.1. The average Bonchev–Trinajstić information content (AvgIpc) is 2.80. The van der Waals surface area contributed by atoms with Crippen molar-refractivity contribution in [3.8, 4) is 0 Å². The maximum absolute atomic E-state index is 12.9. The Bertz CT molecular complexity index is 705. The number of amides is 1. The highest BCUT2D eigenvalue weighted by molar-refractivity contribution is 7.89. The molecule has 1 unspecified atom stereocenters. The highest BCUT2D eigenvalue weighted by Crippen LogP contribution is 2.21. The van der Waals surface area contributed by atoms with Crippen LogP contribution in [0.5, 0.6) is 0 Å². The van der Waals surface area contributed by atoms with Crippen LogP contribution in [0.3, 0.4) is 0 Å². The first-order chi connectivity index (χ1) is 11.8. The fraction of sp³-hybridized carbons (Fsp3) is 0.562. The minimum absolute atomic E-state index is 0. The second-order valence-corrected chi connectivity index (χ2v) is 8.08. The van der Waals surface area contributed by atoms with Crippen LogP contribution in [0.2, 0.25) is 0 Å². The van der Waals surface area contributed by atoms with Crippen LogP contribution in [-0.2, 0) is 19.6 Å². The molecule has 156 valence electrons. The van der Waals surface area contributed by atoms with Crippen LogP contribution in [0.1, 0.15) is 6.42 Å². The van der Waals surface area contributed by atoms with Crippen LogP contribution in [0.15, 0.2) is 29.2 Å². The molecule has 1 atom stereocenters. The van der Waals surface area contributed by atoms with Crippen LogP contribution in [0, 0.1) is 0 Å². The summed E-state index contributed by atoms with van der Waals surface area (Å²) in [5.41, 5.74) is 6.07. The number of likely N-dealkylation sites (N-methyl/N-ethyl adjacent to an activating group) is 1. The molecule has 1 aromatic carbocycles. The molecule has 3 N–H and O–H groups in total. The van der Waals surface area contributed by atoms with E-state index < -0.39 is 22.0 Å². The molecular weight excluding hydrogens is 415 g/mol. The second kappa shape index (κ2) is 11.8. The Morgan fingerprint density at radius 1 is 1.26 bits per heavy atom. The molecule has 1 heterocycles. The third-order valence-corrected chi connectivity index (χ3v) is 6.00. The van der Waals surface area contributed by atoms with Gasteiger partial charge in [0, 0.05) is 32.4 Å². The molecule has 0 aliphatic carbocycles. The highest BCUT2D eigenvalue weighted by atomic mass is 35.5. The van der Waals surface area contributed by atoms with E-state index in [0.717, 1.165) is 13.0 Å². The van der Waals surface area contributed by atoms with Crippen molar-refractivity contribution in [2.75, 3.05) is 52.3 Å². The Morgan fingerprint density at radius 2 is 1.96 bits per heavy atom. The molecule has 11 heteroatoms. The van der Waals surface area contributed by atoms with E-state index in [9.17, 15) is 13.2 Å². The number of anilines is 1. The van der Waals surface area contributed by atoms with E-state index in [1.165, 1.54) is 23.5 Å². The van der Waals surface area contributed by atoms with Gasteiger partial charge in [0.05, 0.1) is 11.5 Å². The molecule has 2 rings (SSSR count). The van der Waals surface area contributed by atoms with Crippen molar-refractivity contribution in [3.63, 3.8) is 0 Å². The van der Waals surface area contributed by atoms with Gasteiger partial charge in [-0.1, -0.05) is 6.07 Å². The first-order valence-corrected chi connectivity index (χ1v) is 9.62. The van der Waals surface area contributed by atoms with E-state index >= 15 is 0 Å². The number of hydrogen-bond donors (Lipinski definition) is 2. The van der Waals surface area contributed by atoms with Crippen molar-refractivity contribution >= 4 is 46.4 Å². The number of carbonyl (C=O) groups is 1. The Labute approximate surface area is 173 Å². The summed E-state index contributed by atoms with van der Waals surface area (Å²) in [5, 5.41) is 2.63. The predicted molar refractivity (Wildman–Crippen MR) is 110 cm³/mol. The molecule has 1 saturated heterocycles. The number of methoxy groups -OCH3 is 1. The predicted octanol–water partition coefficient (Wildman–Crippen LogP) is 0.769. The van der Waals surface area contributed by atoms with Crippen molar-refractivity contribution < 1.29 is 17.9 Å². The topological polar surface area (TPSA) is 105 Å². The number of ether oxygens (including phenoxy) is 1. The van der Waals surface area contributed by atoms with E-state index in [2.05, 4.69) is 10.2 Å². The lowest BCUT2D eigenvalue weighted by molar-refractivity contribution is -0.118. The van der Waals surface area contributed by atoms with Gasteiger partial charge in [0.15, 0.2) is 0 Å². The van der Waals surface area contributed by atoms with Gasteiger partial charge in [0.1, 0.15) is 6.04 Å². The lowest BCUT2D eigenvalue weighted by Crippen LogP contribution is -2.39. The summed E-state index contributed by atoms with van der Waals surface area (Å²) in [6, 6.07) is 5.42. The SMILES string of the molecule is COCC(N)C(=O)Nc1cccc(S(=O)(=O)N2CCCN(C)CC2)c1.Cl.Cl. The lowest BCUT2D eigenvalue weighted by atomic mass is 10.2. The molecule has 1 amide bonds. The maximum Gasteiger partial charge on any atom is 0.243 e. The Kier molecular flexibility index (Phi) is 11.4. The van der Waals surface area contributed by atoms with Crippen molar-refractivity contribution in [1.29, 1.82) is 0 Å². The Balaban J connectivity index is 0.00000338. The van der Waals surface area contributed by atoms with Crippen molar-refractivity contribution in [1.82, 2.24) is 9.21 Å². The third kappa shape index (κ3) is 7.19. The van der Waals surface area contributed by atoms with E-state index in [1.54, 1.807) is 12.1 Å². The highest BCUT2D eigenvalue weighted by Gasteiger charge is 2.26. The third-order valence-electron chi connectivity index (χ3n) is 4.10. The molecule has 1 aliphatic heterocycles. The lowest BCUT2D eigenvalue weighted by Gasteiger charge is -2.20. The molecule has 0 bridgehead atoms. The van der Waals surface area contributed by atoms with E-state index in [-0.39, 0.29) is 36.3 Å². The van der Waals surface area contributed by atoms with Gasteiger partial charge in [0.25, 0.3) is 0 Å². The van der Waals surface area contributed by atoms with Crippen LogP contribution in [0.4, 0.5) is 5.69 Å². The largest absolute Gasteiger partial charge is 0.383 e. The van der Waals surface area contributed by atoms with Gasteiger partial charge in [-0.25, -0.2) is 8.42 Å². The van der Waals surface area contributed by atoms with Gasteiger partial charge in [-0.3, -0.25) is 4.79 Å². The smallest absolute Gasteiger partial charge is 0.243 e. The van der Waals surface area contributed by atoms with Gasteiger partial charge in [-0.15, -0.1) is 24.8 Å². The number of nitrogens with zero attached hydrogens (tertiary/aromatic N) is 2. The minimum Gasteiger partial charge on any atom is -0.383 e. The Morgan fingerprint density at radius 3 is 2.63 bits per heavy atom. The van der Waals surface area contributed by atoms with Crippen LogP contribution in [0.25, 0.3) is 0 Å². The Hall–Kier alpha value is -0.940. The van der Waals surface area contributed by atoms with Gasteiger partial charge < -0.3 is 20.7 Å². The van der Waals surface area contributed by atoms with Crippen molar-refractivity contribution in [2.24, 2.45) is 5.73 Å². The molecule has 1 aliphatic rings. The second-order valence-electron chi connectivity index (χ2n) is 6.14. The maximum atomic E-state index is 12.9. The molecule has 0 spiro atoms. The van der Waals surface area contributed by atoms with E-state index in [0.29, 0.717) is 25.3 Å². The van der Waals surface area contributed by atoms with Gasteiger partial charge in [-0.05, 0) is 38.2 Å². The number of sulfonamides is 1. The summed E-state index contributed by atoms with van der Waals surface area (Å²) < 4.78 is 32.1.